The average molecular weight is 245 g/mol. The van der Waals surface area contributed by atoms with Gasteiger partial charge in [0.05, 0.1) is 0 Å². The molecular formula is C15H19NS. The van der Waals surface area contributed by atoms with Gasteiger partial charge in [0.2, 0.25) is 0 Å². The van der Waals surface area contributed by atoms with E-state index in [1.54, 1.807) is 0 Å². The number of hydrogen-bond acceptors (Lipinski definition) is 2. The van der Waals surface area contributed by atoms with Gasteiger partial charge in [0.25, 0.3) is 0 Å². The van der Waals surface area contributed by atoms with E-state index in [1.807, 2.05) is 11.3 Å². The second kappa shape index (κ2) is 5.48. The summed E-state index contributed by atoms with van der Waals surface area (Å²) in [5.74, 6) is 0. The standard InChI is InChI=1S/C15H19NS/c1-11-6-8-14(9-7-11)12(2)16-13(3)15-5-4-10-17-15/h4-10,12-13,16H,1-3H3/t12?,13-/m0/s1. The van der Waals surface area contributed by atoms with Gasteiger partial charge in [-0.05, 0) is 37.8 Å². The van der Waals surface area contributed by atoms with E-state index in [9.17, 15) is 0 Å². The smallest absolute Gasteiger partial charge is 0.0391 e. The summed E-state index contributed by atoms with van der Waals surface area (Å²) in [6, 6.07) is 13.8. The van der Waals surface area contributed by atoms with Crippen LogP contribution in [0.4, 0.5) is 0 Å². The van der Waals surface area contributed by atoms with E-state index in [1.165, 1.54) is 16.0 Å². The van der Waals surface area contributed by atoms with Crippen molar-refractivity contribution in [2.45, 2.75) is 32.9 Å². The van der Waals surface area contributed by atoms with E-state index in [2.05, 4.69) is 67.9 Å². The minimum atomic E-state index is 0.382. The van der Waals surface area contributed by atoms with Gasteiger partial charge in [-0.2, -0.15) is 0 Å². The van der Waals surface area contributed by atoms with E-state index < -0.39 is 0 Å². The Morgan fingerprint density at radius 2 is 1.71 bits per heavy atom. The number of aryl methyl sites for hydroxylation is 1. The molecule has 2 atom stereocenters. The van der Waals surface area contributed by atoms with Crippen molar-refractivity contribution in [2.75, 3.05) is 0 Å². The van der Waals surface area contributed by atoms with Gasteiger partial charge in [0.15, 0.2) is 0 Å². The maximum atomic E-state index is 3.63. The van der Waals surface area contributed by atoms with Crippen LogP contribution in [-0.4, -0.2) is 0 Å². The molecule has 17 heavy (non-hydrogen) atoms. The normalized spacial score (nSPS) is 14.5. The van der Waals surface area contributed by atoms with Gasteiger partial charge >= 0.3 is 0 Å². The van der Waals surface area contributed by atoms with Crippen LogP contribution in [0, 0.1) is 6.92 Å². The fourth-order valence-corrected chi connectivity index (χ4v) is 2.69. The first-order chi connectivity index (χ1) is 8.16. The Hall–Kier alpha value is -1.12. The van der Waals surface area contributed by atoms with E-state index in [-0.39, 0.29) is 0 Å². The SMILES string of the molecule is Cc1ccc(C(C)N[C@@H](C)c2cccs2)cc1. The first-order valence-electron chi connectivity index (χ1n) is 6.03. The fourth-order valence-electron chi connectivity index (χ4n) is 1.95. The molecule has 0 aliphatic heterocycles. The molecule has 0 bridgehead atoms. The highest BCUT2D eigenvalue weighted by Crippen LogP contribution is 2.22. The summed E-state index contributed by atoms with van der Waals surface area (Å²) in [7, 11) is 0. The van der Waals surface area contributed by atoms with Crippen molar-refractivity contribution in [1.29, 1.82) is 0 Å². The molecule has 0 saturated heterocycles. The minimum Gasteiger partial charge on any atom is -0.303 e. The molecule has 0 radical (unpaired) electrons. The summed E-state index contributed by atoms with van der Waals surface area (Å²) >= 11 is 1.81. The Balaban J connectivity index is 2.01. The Labute approximate surface area is 108 Å². The molecule has 2 aromatic rings. The van der Waals surface area contributed by atoms with E-state index in [0.29, 0.717) is 12.1 Å². The molecule has 0 saturated carbocycles. The molecule has 0 amide bonds. The van der Waals surface area contributed by atoms with Crippen LogP contribution < -0.4 is 5.32 Å². The molecule has 1 aromatic heterocycles. The van der Waals surface area contributed by atoms with Crippen LogP contribution in [0.3, 0.4) is 0 Å². The van der Waals surface area contributed by atoms with Crippen LogP contribution in [-0.2, 0) is 0 Å². The molecule has 90 valence electrons. The Bertz CT molecular complexity index is 444. The van der Waals surface area contributed by atoms with E-state index >= 15 is 0 Å². The third-order valence-electron chi connectivity index (χ3n) is 3.05. The highest BCUT2D eigenvalue weighted by atomic mass is 32.1. The lowest BCUT2D eigenvalue weighted by Gasteiger charge is -2.19. The van der Waals surface area contributed by atoms with Gasteiger partial charge in [-0.3, -0.25) is 0 Å². The first-order valence-corrected chi connectivity index (χ1v) is 6.91. The molecule has 1 unspecified atom stereocenters. The van der Waals surface area contributed by atoms with Crippen LogP contribution in [0.1, 0.15) is 41.9 Å². The quantitative estimate of drug-likeness (QED) is 0.838. The number of thiophene rings is 1. The third-order valence-corrected chi connectivity index (χ3v) is 4.10. The van der Waals surface area contributed by atoms with Crippen molar-refractivity contribution >= 4 is 11.3 Å². The largest absolute Gasteiger partial charge is 0.303 e. The molecule has 1 nitrogen and oxygen atoms in total. The summed E-state index contributed by atoms with van der Waals surface area (Å²) < 4.78 is 0. The van der Waals surface area contributed by atoms with Crippen LogP contribution >= 0.6 is 11.3 Å². The molecule has 1 N–H and O–H groups in total. The Morgan fingerprint density at radius 3 is 2.29 bits per heavy atom. The van der Waals surface area contributed by atoms with Crippen molar-refractivity contribution in [3.63, 3.8) is 0 Å². The summed E-state index contributed by atoms with van der Waals surface area (Å²) in [5, 5.41) is 5.76. The van der Waals surface area contributed by atoms with Crippen molar-refractivity contribution in [3.8, 4) is 0 Å². The Morgan fingerprint density at radius 1 is 1.00 bits per heavy atom. The van der Waals surface area contributed by atoms with Gasteiger partial charge in [-0.1, -0.05) is 35.9 Å². The summed E-state index contributed by atoms with van der Waals surface area (Å²) in [5.41, 5.74) is 2.66. The lowest BCUT2D eigenvalue weighted by Crippen LogP contribution is -2.21. The van der Waals surface area contributed by atoms with Crippen molar-refractivity contribution in [3.05, 3.63) is 57.8 Å². The highest BCUT2D eigenvalue weighted by Gasteiger charge is 2.11. The van der Waals surface area contributed by atoms with Crippen LogP contribution in [0.2, 0.25) is 0 Å². The molecule has 2 rings (SSSR count). The molecule has 1 aromatic carbocycles. The topological polar surface area (TPSA) is 12.0 Å². The zero-order valence-electron chi connectivity index (χ0n) is 10.6. The van der Waals surface area contributed by atoms with Crippen LogP contribution in [0.5, 0.6) is 0 Å². The van der Waals surface area contributed by atoms with Gasteiger partial charge in [-0.25, -0.2) is 0 Å². The van der Waals surface area contributed by atoms with Gasteiger partial charge in [0.1, 0.15) is 0 Å². The zero-order chi connectivity index (χ0) is 12.3. The molecule has 0 spiro atoms. The average Bonchev–Trinajstić information content (AvgIpc) is 2.83. The van der Waals surface area contributed by atoms with Gasteiger partial charge < -0.3 is 5.32 Å². The number of nitrogens with one attached hydrogen (secondary N) is 1. The van der Waals surface area contributed by atoms with E-state index in [0.717, 1.165) is 0 Å². The lowest BCUT2D eigenvalue weighted by atomic mass is 10.1. The molecule has 0 aliphatic carbocycles. The molecule has 2 heteroatoms. The lowest BCUT2D eigenvalue weighted by molar-refractivity contribution is 0.500. The second-order valence-corrected chi connectivity index (χ2v) is 5.52. The maximum Gasteiger partial charge on any atom is 0.0391 e. The van der Waals surface area contributed by atoms with Crippen LogP contribution in [0.15, 0.2) is 41.8 Å². The molecule has 1 heterocycles. The van der Waals surface area contributed by atoms with Crippen molar-refractivity contribution < 1.29 is 0 Å². The summed E-state index contributed by atoms with van der Waals surface area (Å²) in [6.45, 7) is 6.56. The molecule has 0 fully saturated rings. The van der Waals surface area contributed by atoms with Gasteiger partial charge in [0, 0.05) is 17.0 Å². The molecule has 0 aliphatic rings. The van der Waals surface area contributed by atoms with Crippen molar-refractivity contribution in [2.24, 2.45) is 0 Å². The summed E-state index contributed by atoms with van der Waals surface area (Å²) in [6.07, 6.45) is 0. The zero-order valence-corrected chi connectivity index (χ0v) is 11.4. The fraction of sp³-hybridized carbons (Fsp3) is 0.333. The Kier molecular flexibility index (Phi) is 3.97. The second-order valence-electron chi connectivity index (χ2n) is 4.54. The first kappa shape index (κ1) is 12.3. The number of hydrogen-bond donors (Lipinski definition) is 1. The predicted octanol–water partition coefficient (Wildman–Crippen LogP) is 4.47. The van der Waals surface area contributed by atoms with Gasteiger partial charge in [-0.15, -0.1) is 11.3 Å². The predicted molar refractivity (Wildman–Crippen MR) is 75.5 cm³/mol. The number of rotatable bonds is 4. The number of benzene rings is 1. The highest BCUT2D eigenvalue weighted by molar-refractivity contribution is 7.10. The van der Waals surface area contributed by atoms with Crippen LogP contribution in [0.25, 0.3) is 0 Å². The maximum absolute atomic E-state index is 3.63. The molecular weight excluding hydrogens is 226 g/mol. The third kappa shape index (κ3) is 3.18. The van der Waals surface area contributed by atoms with E-state index in [4.69, 9.17) is 0 Å². The van der Waals surface area contributed by atoms with Crippen molar-refractivity contribution in [1.82, 2.24) is 5.32 Å². The summed E-state index contributed by atoms with van der Waals surface area (Å²) in [4.78, 5) is 1.39. The minimum absolute atomic E-state index is 0.382. The monoisotopic (exact) mass is 245 g/mol.